The first-order chi connectivity index (χ1) is 19.7. The SMILES string of the molecule is COc1cc(CC2C(=O)OCC2C(O)c2ccc(OC(CO)C(O)c3ccc(O)c(OC)c3)c(OC)c2)ccc1O. The van der Waals surface area contributed by atoms with Crippen LogP contribution < -0.4 is 18.9 Å². The third kappa shape index (κ3) is 6.43. The largest absolute Gasteiger partial charge is 0.504 e. The molecule has 3 aromatic carbocycles. The Morgan fingerprint density at radius 2 is 1.44 bits per heavy atom. The van der Waals surface area contributed by atoms with E-state index in [2.05, 4.69) is 0 Å². The number of aromatic hydroxyl groups is 2. The summed E-state index contributed by atoms with van der Waals surface area (Å²) in [5.74, 6) is -0.866. The summed E-state index contributed by atoms with van der Waals surface area (Å²) in [6.07, 6.45) is -3.18. The minimum atomic E-state index is -1.27. The standard InChI is InChI=1S/C30H34O11/c1-37-24-11-16(4-7-21(24)32)10-19-20(15-40-30(19)36)28(34)17-6-9-23(26(13-17)39-3)41-27(14-31)29(35)18-5-8-22(33)25(12-18)38-2/h4-9,11-13,19-20,27-29,31-35H,10,14-15H2,1-3H3. The van der Waals surface area contributed by atoms with Gasteiger partial charge in [0.25, 0.3) is 0 Å². The number of carbonyl (C=O) groups excluding carboxylic acids is 1. The molecule has 1 fully saturated rings. The number of phenols is 2. The summed E-state index contributed by atoms with van der Waals surface area (Å²) >= 11 is 0. The van der Waals surface area contributed by atoms with Crippen molar-refractivity contribution in [2.45, 2.75) is 24.7 Å². The molecule has 0 bridgehead atoms. The van der Waals surface area contributed by atoms with Crippen LogP contribution in [-0.4, -0.2) is 72.1 Å². The fourth-order valence-corrected chi connectivity index (χ4v) is 4.90. The highest BCUT2D eigenvalue weighted by molar-refractivity contribution is 5.75. The van der Waals surface area contributed by atoms with E-state index >= 15 is 0 Å². The van der Waals surface area contributed by atoms with Gasteiger partial charge in [-0.1, -0.05) is 18.2 Å². The molecule has 0 saturated carbocycles. The third-order valence-electron chi connectivity index (χ3n) is 7.23. The topological polar surface area (TPSA) is 164 Å². The number of rotatable bonds is 12. The van der Waals surface area contributed by atoms with Crippen molar-refractivity contribution < 1.29 is 54.0 Å². The molecule has 1 heterocycles. The first-order valence-corrected chi connectivity index (χ1v) is 12.9. The van der Waals surface area contributed by atoms with Crippen LogP contribution >= 0.6 is 0 Å². The summed E-state index contributed by atoms with van der Waals surface area (Å²) in [5.41, 5.74) is 1.55. The van der Waals surface area contributed by atoms with Crippen molar-refractivity contribution in [2.75, 3.05) is 34.5 Å². The van der Waals surface area contributed by atoms with Crippen LogP contribution in [0.4, 0.5) is 0 Å². The maximum absolute atomic E-state index is 12.6. The molecule has 5 N–H and O–H groups in total. The van der Waals surface area contributed by atoms with Crippen molar-refractivity contribution in [3.05, 3.63) is 71.3 Å². The molecule has 0 spiro atoms. The lowest BCUT2D eigenvalue weighted by molar-refractivity contribution is -0.141. The Labute approximate surface area is 237 Å². The molecule has 5 unspecified atom stereocenters. The van der Waals surface area contributed by atoms with Crippen molar-refractivity contribution in [2.24, 2.45) is 11.8 Å². The Balaban J connectivity index is 1.52. The van der Waals surface area contributed by atoms with Gasteiger partial charge in [0.15, 0.2) is 40.6 Å². The number of ether oxygens (including phenoxy) is 5. The van der Waals surface area contributed by atoms with Crippen LogP contribution in [0.5, 0.6) is 34.5 Å². The molecular formula is C30H34O11. The van der Waals surface area contributed by atoms with Gasteiger partial charge in [-0.3, -0.25) is 4.79 Å². The molecule has 4 rings (SSSR count). The quantitative estimate of drug-likeness (QED) is 0.203. The molecule has 1 aliphatic rings. The number of phenolic OH excluding ortho intramolecular Hbond substituents is 2. The molecule has 5 atom stereocenters. The number of benzene rings is 3. The van der Waals surface area contributed by atoms with E-state index in [0.29, 0.717) is 11.1 Å². The van der Waals surface area contributed by atoms with E-state index in [4.69, 9.17) is 23.7 Å². The van der Waals surface area contributed by atoms with Crippen LogP contribution in [0.15, 0.2) is 54.6 Å². The first kappa shape index (κ1) is 29.8. The van der Waals surface area contributed by atoms with Crippen molar-refractivity contribution in [3.8, 4) is 34.5 Å². The van der Waals surface area contributed by atoms with E-state index in [1.807, 2.05) is 0 Å². The van der Waals surface area contributed by atoms with Crippen LogP contribution in [0.2, 0.25) is 0 Å². The summed E-state index contributed by atoms with van der Waals surface area (Å²) in [6.45, 7) is -0.515. The minimum Gasteiger partial charge on any atom is -0.504 e. The Morgan fingerprint density at radius 1 is 0.829 bits per heavy atom. The van der Waals surface area contributed by atoms with Gasteiger partial charge in [0.05, 0.1) is 46.6 Å². The fraction of sp³-hybridized carbons (Fsp3) is 0.367. The highest BCUT2D eigenvalue weighted by Gasteiger charge is 2.42. The zero-order chi connectivity index (χ0) is 29.7. The molecule has 0 radical (unpaired) electrons. The highest BCUT2D eigenvalue weighted by atomic mass is 16.5. The molecular weight excluding hydrogens is 536 g/mol. The Morgan fingerprint density at radius 3 is 2.10 bits per heavy atom. The maximum atomic E-state index is 12.6. The van der Waals surface area contributed by atoms with Crippen LogP contribution in [0.3, 0.4) is 0 Å². The van der Waals surface area contributed by atoms with Crippen LogP contribution in [-0.2, 0) is 16.0 Å². The van der Waals surface area contributed by atoms with Gasteiger partial charge >= 0.3 is 5.97 Å². The Bertz CT molecular complexity index is 1360. The van der Waals surface area contributed by atoms with E-state index in [0.717, 1.165) is 5.56 Å². The van der Waals surface area contributed by atoms with Gasteiger partial charge in [0.1, 0.15) is 6.10 Å². The Hall–Kier alpha value is -4.19. The lowest BCUT2D eigenvalue weighted by Gasteiger charge is -2.25. The van der Waals surface area contributed by atoms with Gasteiger partial charge in [0.2, 0.25) is 0 Å². The minimum absolute atomic E-state index is 0.0185. The summed E-state index contributed by atoms with van der Waals surface area (Å²) in [5, 5.41) is 51.8. The lowest BCUT2D eigenvalue weighted by Crippen LogP contribution is -2.29. The van der Waals surface area contributed by atoms with Crippen molar-refractivity contribution in [1.29, 1.82) is 0 Å². The number of aliphatic hydroxyl groups is 3. The summed E-state index contributed by atoms with van der Waals surface area (Å²) in [4.78, 5) is 12.6. The van der Waals surface area contributed by atoms with E-state index in [-0.39, 0.29) is 47.5 Å². The molecule has 41 heavy (non-hydrogen) atoms. The van der Waals surface area contributed by atoms with Crippen LogP contribution in [0.1, 0.15) is 28.9 Å². The lowest BCUT2D eigenvalue weighted by atomic mass is 9.83. The number of hydrogen-bond acceptors (Lipinski definition) is 11. The predicted molar refractivity (Wildman–Crippen MR) is 145 cm³/mol. The number of esters is 1. The maximum Gasteiger partial charge on any atom is 0.309 e. The van der Waals surface area contributed by atoms with Crippen molar-refractivity contribution >= 4 is 5.97 Å². The van der Waals surface area contributed by atoms with Gasteiger partial charge in [-0.2, -0.15) is 0 Å². The summed E-state index contributed by atoms with van der Waals surface area (Å²) in [6, 6.07) is 13.8. The van der Waals surface area contributed by atoms with Gasteiger partial charge < -0.3 is 49.2 Å². The molecule has 1 aliphatic heterocycles. The molecule has 11 nitrogen and oxygen atoms in total. The summed E-state index contributed by atoms with van der Waals surface area (Å²) in [7, 11) is 4.23. The average molecular weight is 571 g/mol. The number of hydrogen-bond donors (Lipinski definition) is 5. The second-order valence-corrected chi connectivity index (χ2v) is 9.68. The monoisotopic (exact) mass is 570 g/mol. The summed E-state index contributed by atoms with van der Waals surface area (Å²) < 4.78 is 26.9. The van der Waals surface area contributed by atoms with E-state index in [9.17, 15) is 30.3 Å². The number of cyclic esters (lactones) is 1. The molecule has 3 aromatic rings. The highest BCUT2D eigenvalue weighted by Crippen LogP contribution is 2.40. The number of methoxy groups -OCH3 is 3. The molecule has 0 aromatic heterocycles. The molecule has 0 amide bonds. The average Bonchev–Trinajstić information content (AvgIpc) is 3.35. The molecule has 1 saturated heterocycles. The predicted octanol–water partition coefficient (Wildman–Crippen LogP) is 2.66. The van der Waals surface area contributed by atoms with Crippen LogP contribution in [0.25, 0.3) is 0 Å². The third-order valence-corrected chi connectivity index (χ3v) is 7.23. The van der Waals surface area contributed by atoms with Gasteiger partial charge in [-0.05, 0) is 59.5 Å². The smallest absolute Gasteiger partial charge is 0.309 e. The van der Waals surface area contributed by atoms with Crippen molar-refractivity contribution in [3.63, 3.8) is 0 Å². The zero-order valence-electron chi connectivity index (χ0n) is 22.9. The number of carbonyl (C=O) groups is 1. The van der Waals surface area contributed by atoms with Gasteiger partial charge in [-0.15, -0.1) is 0 Å². The Kier molecular flexibility index (Phi) is 9.43. The van der Waals surface area contributed by atoms with E-state index in [1.54, 1.807) is 30.3 Å². The first-order valence-electron chi connectivity index (χ1n) is 12.9. The molecule has 11 heteroatoms. The zero-order valence-corrected chi connectivity index (χ0v) is 22.9. The van der Waals surface area contributed by atoms with E-state index < -0.39 is 42.7 Å². The molecule has 0 aliphatic carbocycles. The van der Waals surface area contributed by atoms with Crippen LogP contribution in [0, 0.1) is 11.8 Å². The second-order valence-electron chi connectivity index (χ2n) is 9.68. The van der Waals surface area contributed by atoms with E-state index in [1.165, 1.54) is 45.6 Å². The number of aliphatic hydroxyl groups excluding tert-OH is 3. The van der Waals surface area contributed by atoms with Gasteiger partial charge in [-0.25, -0.2) is 0 Å². The second kappa shape index (κ2) is 13.0. The molecule has 220 valence electrons. The van der Waals surface area contributed by atoms with Crippen molar-refractivity contribution in [1.82, 2.24) is 0 Å². The fourth-order valence-electron chi connectivity index (χ4n) is 4.90. The normalized spacial score (nSPS) is 18.7. The van der Waals surface area contributed by atoms with Gasteiger partial charge in [0, 0.05) is 5.92 Å².